The Hall–Kier alpha value is -0.0800. The Morgan fingerprint density at radius 1 is 1.00 bits per heavy atom. The molecule has 0 spiro atoms. The lowest BCUT2D eigenvalue weighted by Gasteiger charge is -2.32. The number of likely N-dealkylation sites (N-methyl/N-ethyl adjacent to an activating group) is 1. The number of hydrogen-bond donors (Lipinski definition) is 2. The highest BCUT2D eigenvalue weighted by Crippen LogP contribution is 2.24. The fourth-order valence-corrected chi connectivity index (χ4v) is 1.44. The summed E-state index contributed by atoms with van der Waals surface area (Å²) < 4.78 is 0. The zero-order chi connectivity index (χ0) is 12.1. The van der Waals surface area contributed by atoms with Gasteiger partial charge in [-0.05, 0) is 31.7 Å². The van der Waals surface area contributed by atoms with Gasteiger partial charge in [-0.15, -0.1) is 0 Å². The Balaban J connectivity index is 3.88. The standard InChI is InChI=1S/C13H30N2/c1-8-15-13(6,7)10-14-9-12(4,5)11(2)3/h11,14-15H,8-10H2,1-7H3. The van der Waals surface area contributed by atoms with E-state index >= 15 is 0 Å². The lowest BCUT2D eigenvalue weighted by atomic mass is 9.81. The maximum Gasteiger partial charge on any atom is 0.0249 e. The molecule has 0 heterocycles. The molecule has 0 aromatic heterocycles. The Morgan fingerprint density at radius 3 is 1.93 bits per heavy atom. The van der Waals surface area contributed by atoms with Gasteiger partial charge in [0.25, 0.3) is 0 Å². The second-order valence-corrected chi connectivity index (χ2v) is 6.16. The van der Waals surface area contributed by atoms with E-state index in [4.69, 9.17) is 0 Å². The highest BCUT2D eigenvalue weighted by molar-refractivity contribution is 4.82. The second kappa shape index (κ2) is 5.86. The first kappa shape index (κ1) is 14.9. The van der Waals surface area contributed by atoms with Gasteiger partial charge in [0.05, 0.1) is 0 Å². The van der Waals surface area contributed by atoms with Gasteiger partial charge in [0.15, 0.2) is 0 Å². The molecular weight excluding hydrogens is 184 g/mol. The third-order valence-electron chi connectivity index (χ3n) is 3.37. The molecule has 0 saturated carbocycles. The molecule has 0 unspecified atom stereocenters. The minimum absolute atomic E-state index is 0.196. The summed E-state index contributed by atoms with van der Waals surface area (Å²) >= 11 is 0. The molecule has 0 rings (SSSR count). The molecule has 2 nitrogen and oxygen atoms in total. The molecule has 0 bridgehead atoms. The quantitative estimate of drug-likeness (QED) is 0.681. The van der Waals surface area contributed by atoms with E-state index in [1.165, 1.54) is 0 Å². The van der Waals surface area contributed by atoms with Crippen molar-refractivity contribution < 1.29 is 0 Å². The Labute approximate surface area is 96.2 Å². The van der Waals surface area contributed by atoms with Crippen LogP contribution in [0.1, 0.15) is 48.5 Å². The molecule has 0 atom stereocenters. The highest BCUT2D eigenvalue weighted by atomic mass is 15.0. The van der Waals surface area contributed by atoms with Crippen molar-refractivity contribution in [2.24, 2.45) is 11.3 Å². The van der Waals surface area contributed by atoms with E-state index in [2.05, 4.69) is 59.1 Å². The number of rotatable bonds is 7. The van der Waals surface area contributed by atoms with Crippen molar-refractivity contribution in [1.82, 2.24) is 10.6 Å². The predicted octanol–water partition coefficient (Wildman–Crippen LogP) is 2.65. The summed E-state index contributed by atoms with van der Waals surface area (Å²) in [6.45, 7) is 19.0. The van der Waals surface area contributed by atoms with E-state index in [1.54, 1.807) is 0 Å². The normalized spacial score (nSPS) is 13.6. The molecule has 0 radical (unpaired) electrons. The third-order valence-corrected chi connectivity index (χ3v) is 3.37. The van der Waals surface area contributed by atoms with Crippen LogP contribution in [-0.2, 0) is 0 Å². The first-order chi connectivity index (χ1) is 6.71. The molecular formula is C13H30N2. The molecule has 0 saturated heterocycles. The smallest absolute Gasteiger partial charge is 0.0249 e. The fraction of sp³-hybridized carbons (Fsp3) is 1.00. The van der Waals surface area contributed by atoms with Crippen LogP contribution >= 0.6 is 0 Å². The number of nitrogens with one attached hydrogen (secondary N) is 2. The Bertz CT molecular complexity index is 171. The van der Waals surface area contributed by atoms with Gasteiger partial charge in [-0.25, -0.2) is 0 Å². The van der Waals surface area contributed by atoms with Gasteiger partial charge in [-0.2, -0.15) is 0 Å². The van der Waals surface area contributed by atoms with E-state index in [-0.39, 0.29) is 5.54 Å². The van der Waals surface area contributed by atoms with Gasteiger partial charge in [-0.3, -0.25) is 0 Å². The zero-order valence-corrected chi connectivity index (χ0v) is 11.7. The molecule has 0 aliphatic rings. The SMILES string of the molecule is CCNC(C)(C)CNCC(C)(C)C(C)C. The van der Waals surface area contributed by atoms with Crippen molar-refractivity contribution >= 4 is 0 Å². The summed E-state index contributed by atoms with van der Waals surface area (Å²) in [4.78, 5) is 0. The van der Waals surface area contributed by atoms with Gasteiger partial charge in [0.1, 0.15) is 0 Å². The van der Waals surface area contributed by atoms with Crippen LogP contribution in [-0.4, -0.2) is 25.2 Å². The van der Waals surface area contributed by atoms with Crippen LogP contribution in [0.5, 0.6) is 0 Å². The lowest BCUT2D eigenvalue weighted by Crippen LogP contribution is -2.49. The van der Waals surface area contributed by atoms with Crippen molar-refractivity contribution in [3.63, 3.8) is 0 Å². The van der Waals surface area contributed by atoms with Gasteiger partial charge >= 0.3 is 0 Å². The van der Waals surface area contributed by atoms with E-state index in [9.17, 15) is 0 Å². The van der Waals surface area contributed by atoms with Crippen LogP contribution in [0, 0.1) is 11.3 Å². The largest absolute Gasteiger partial charge is 0.314 e. The molecule has 0 aliphatic carbocycles. The fourth-order valence-electron chi connectivity index (χ4n) is 1.44. The average molecular weight is 214 g/mol. The molecule has 0 aliphatic heterocycles. The predicted molar refractivity (Wildman–Crippen MR) is 69.2 cm³/mol. The van der Waals surface area contributed by atoms with Crippen LogP contribution < -0.4 is 10.6 Å². The van der Waals surface area contributed by atoms with Gasteiger partial charge in [0.2, 0.25) is 0 Å². The van der Waals surface area contributed by atoms with Crippen LogP contribution in [0.15, 0.2) is 0 Å². The molecule has 15 heavy (non-hydrogen) atoms. The Morgan fingerprint density at radius 2 is 1.53 bits per heavy atom. The van der Waals surface area contributed by atoms with Gasteiger partial charge in [0, 0.05) is 18.6 Å². The van der Waals surface area contributed by atoms with Crippen LogP contribution in [0.4, 0.5) is 0 Å². The van der Waals surface area contributed by atoms with Crippen molar-refractivity contribution in [2.45, 2.75) is 54.0 Å². The summed E-state index contributed by atoms with van der Waals surface area (Å²) in [5.41, 5.74) is 0.574. The Kier molecular flexibility index (Phi) is 5.82. The monoisotopic (exact) mass is 214 g/mol. The van der Waals surface area contributed by atoms with Crippen LogP contribution in [0.3, 0.4) is 0 Å². The molecule has 92 valence electrons. The lowest BCUT2D eigenvalue weighted by molar-refractivity contribution is 0.227. The summed E-state index contributed by atoms with van der Waals surface area (Å²) in [7, 11) is 0. The number of hydrogen-bond acceptors (Lipinski definition) is 2. The molecule has 0 fully saturated rings. The molecule has 0 aromatic rings. The van der Waals surface area contributed by atoms with Crippen molar-refractivity contribution in [1.29, 1.82) is 0 Å². The first-order valence-electron chi connectivity index (χ1n) is 6.17. The van der Waals surface area contributed by atoms with Crippen molar-refractivity contribution in [3.05, 3.63) is 0 Å². The van der Waals surface area contributed by atoms with Gasteiger partial charge < -0.3 is 10.6 Å². The van der Waals surface area contributed by atoms with Crippen molar-refractivity contribution in [3.8, 4) is 0 Å². The average Bonchev–Trinajstić information content (AvgIpc) is 2.02. The van der Waals surface area contributed by atoms with Crippen molar-refractivity contribution in [2.75, 3.05) is 19.6 Å². The highest BCUT2D eigenvalue weighted by Gasteiger charge is 2.23. The zero-order valence-electron chi connectivity index (χ0n) is 11.7. The molecule has 2 N–H and O–H groups in total. The van der Waals surface area contributed by atoms with Crippen LogP contribution in [0.2, 0.25) is 0 Å². The van der Waals surface area contributed by atoms with Gasteiger partial charge in [-0.1, -0.05) is 34.6 Å². The summed E-state index contributed by atoms with van der Waals surface area (Å²) in [5, 5.41) is 7.04. The molecule has 0 aromatic carbocycles. The van der Waals surface area contributed by atoms with E-state index in [0.29, 0.717) is 11.3 Å². The van der Waals surface area contributed by atoms with E-state index < -0.39 is 0 Å². The summed E-state index contributed by atoms with van der Waals surface area (Å²) in [6.07, 6.45) is 0. The van der Waals surface area contributed by atoms with Crippen LogP contribution in [0.25, 0.3) is 0 Å². The summed E-state index contributed by atoms with van der Waals surface area (Å²) in [6, 6.07) is 0. The van der Waals surface area contributed by atoms with E-state index in [1.807, 2.05) is 0 Å². The summed E-state index contributed by atoms with van der Waals surface area (Å²) in [5.74, 6) is 0.715. The molecule has 0 amide bonds. The minimum Gasteiger partial charge on any atom is -0.314 e. The maximum absolute atomic E-state index is 3.57. The second-order valence-electron chi connectivity index (χ2n) is 6.16. The minimum atomic E-state index is 0.196. The topological polar surface area (TPSA) is 24.1 Å². The van der Waals surface area contributed by atoms with E-state index in [0.717, 1.165) is 19.6 Å². The maximum atomic E-state index is 3.57. The first-order valence-corrected chi connectivity index (χ1v) is 6.17. The third kappa shape index (κ3) is 6.16. The molecule has 2 heteroatoms.